The molecule has 25 heavy (non-hydrogen) atoms. The predicted molar refractivity (Wildman–Crippen MR) is 107 cm³/mol. The Kier molecular flexibility index (Phi) is 5.03. The van der Waals surface area contributed by atoms with E-state index in [-0.39, 0.29) is 11.8 Å². The van der Waals surface area contributed by atoms with Crippen LogP contribution in [0.15, 0.2) is 28.5 Å². The smallest absolute Gasteiger partial charge is 0.263 e. The van der Waals surface area contributed by atoms with Gasteiger partial charge in [-0.2, -0.15) is 0 Å². The number of amides is 2. The fraction of sp³-hybridized carbons (Fsp3) is 0.176. The van der Waals surface area contributed by atoms with Gasteiger partial charge in [0, 0.05) is 12.3 Å². The average molecular weight is 390 g/mol. The third-order valence-electron chi connectivity index (χ3n) is 3.60. The van der Waals surface area contributed by atoms with Crippen molar-refractivity contribution < 1.29 is 9.59 Å². The quantitative estimate of drug-likeness (QED) is 0.636. The number of hydrogen-bond donors (Lipinski definition) is 1. The molecule has 2 aromatic rings. The molecule has 0 spiro atoms. The zero-order valence-electron chi connectivity index (χ0n) is 13.8. The molecule has 1 aromatic carbocycles. The number of aromatic nitrogens is 1. The second kappa shape index (κ2) is 7.07. The Hall–Kier alpha value is -2.03. The molecule has 2 heterocycles. The van der Waals surface area contributed by atoms with Crippen molar-refractivity contribution in [1.82, 2.24) is 10.3 Å². The minimum absolute atomic E-state index is 0.111. The molecule has 0 atom stereocenters. The lowest BCUT2D eigenvalue weighted by Crippen LogP contribution is -2.24. The Morgan fingerprint density at radius 1 is 1.32 bits per heavy atom. The molecule has 5 nitrogen and oxygen atoms in total. The van der Waals surface area contributed by atoms with Gasteiger partial charge in [0.05, 0.1) is 16.3 Å². The lowest BCUT2D eigenvalue weighted by atomic mass is 10.1. The molecular weight excluding hydrogens is 374 g/mol. The summed E-state index contributed by atoms with van der Waals surface area (Å²) in [5, 5.41) is 4.97. The van der Waals surface area contributed by atoms with Crippen molar-refractivity contribution in [2.24, 2.45) is 0 Å². The maximum Gasteiger partial charge on any atom is 0.263 e. The van der Waals surface area contributed by atoms with Crippen molar-refractivity contribution in [2.45, 2.75) is 20.8 Å². The van der Waals surface area contributed by atoms with E-state index < -0.39 is 0 Å². The molecule has 2 amide bonds. The van der Waals surface area contributed by atoms with Crippen molar-refractivity contribution in [1.29, 1.82) is 0 Å². The van der Waals surface area contributed by atoms with Gasteiger partial charge in [0.25, 0.3) is 5.91 Å². The van der Waals surface area contributed by atoms with E-state index in [1.54, 1.807) is 11.0 Å². The van der Waals surface area contributed by atoms with Crippen LogP contribution in [0, 0.1) is 13.8 Å². The largest absolute Gasteiger partial charge is 0.307 e. The summed E-state index contributed by atoms with van der Waals surface area (Å²) in [6.07, 6.45) is 1.68. The van der Waals surface area contributed by atoms with E-state index in [0.29, 0.717) is 20.1 Å². The number of hydrogen-bond acceptors (Lipinski definition) is 6. The van der Waals surface area contributed by atoms with Crippen LogP contribution < -0.4 is 10.2 Å². The van der Waals surface area contributed by atoms with E-state index in [4.69, 9.17) is 12.2 Å². The van der Waals surface area contributed by atoms with Gasteiger partial charge in [-0.05, 0) is 31.1 Å². The molecule has 0 unspecified atom stereocenters. The van der Waals surface area contributed by atoms with Crippen molar-refractivity contribution in [3.8, 4) is 0 Å². The number of benzene rings is 1. The van der Waals surface area contributed by atoms with E-state index in [1.807, 2.05) is 37.4 Å². The molecule has 1 saturated heterocycles. The summed E-state index contributed by atoms with van der Waals surface area (Å²) >= 11 is 7.55. The van der Waals surface area contributed by atoms with Gasteiger partial charge >= 0.3 is 0 Å². The van der Waals surface area contributed by atoms with E-state index in [0.717, 1.165) is 16.8 Å². The summed E-state index contributed by atoms with van der Waals surface area (Å²) in [5.74, 6) is -0.331. The Bertz CT molecular complexity index is 897. The van der Waals surface area contributed by atoms with Crippen molar-refractivity contribution >= 4 is 68.3 Å². The first kappa shape index (κ1) is 17.8. The second-order valence-electron chi connectivity index (χ2n) is 5.50. The van der Waals surface area contributed by atoms with Crippen LogP contribution >= 0.6 is 35.3 Å². The standard InChI is InChI=1S/C17H15N3O2S3/c1-9-5-4-6-10(2)14(9)20(11(3)21)16-18-12(8-24-16)7-13-15(22)19-17(23)25-13/h4-8H,1-3H3,(H,19,22,23)/b13-7+. The first-order chi connectivity index (χ1) is 11.9. The number of para-hydroxylation sites is 1. The molecule has 1 aliphatic heterocycles. The van der Waals surface area contributed by atoms with Gasteiger partial charge in [-0.1, -0.05) is 42.2 Å². The normalized spacial score (nSPS) is 15.6. The highest BCUT2D eigenvalue weighted by Crippen LogP contribution is 2.34. The summed E-state index contributed by atoms with van der Waals surface area (Å²) in [6.45, 7) is 5.45. The first-order valence-corrected chi connectivity index (χ1v) is 9.54. The SMILES string of the molecule is CC(=O)N(c1nc(/C=C2/SC(=S)NC2=O)cs1)c1c(C)cccc1C. The second-order valence-corrected chi connectivity index (χ2v) is 8.06. The summed E-state index contributed by atoms with van der Waals surface area (Å²) < 4.78 is 0.438. The first-order valence-electron chi connectivity index (χ1n) is 7.44. The molecule has 0 aliphatic carbocycles. The van der Waals surface area contributed by atoms with Crippen LogP contribution in [0.3, 0.4) is 0 Å². The van der Waals surface area contributed by atoms with Crippen LogP contribution in [0.25, 0.3) is 6.08 Å². The molecule has 1 aliphatic rings. The molecule has 0 bridgehead atoms. The molecule has 1 N–H and O–H groups in total. The van der Waals surface area contributed by atoms with Crippen molar-refractivity contribution in [3.05, 3.63) is 45.3 Å². The Morgan fingerprint density at radius 2 is 2.00 bits per heavy atom. The lowest BCUT2D eigenvalue weighted by molar-refractivity contribution is -0.116. The topological polar surface area (TPSA) is 62.3 Å². The Labute approximate surface area is 159 Å². The van der Waals surface area contributed by atoms with Crippen LogP contribution in [-0.4, -0.2) is 21.1 Å². The van der Waals surface area contributed by atoms with Gasteiger partial charge < -0.3 is 5.32 Å². The molecule has 0 radical (unpaired) electrons. The number of rotatable bonds is 3. The predicted octanol–water partition coefficient (Wildman–Crippen LogP) is 3.93. The number of thiazole rings is 1. The van der Waals surface area contributed by atoms with Crippen molar-refractivity contribution in [3.63, 3.8) is 0 Å². The van der Waals surface area contributed by atoms with Gasteiger partial charge in [-0.15, -0.1) is 11.3 Å². The zero-order chi connectivity index (χ0) is 18.1. The number of anilines is 2. The van der Waals surface area contributed by atoms with E-state index in [9.17, 15) is 9.59 Å². The van der Waals surface area contributed by atoms with Gasteiger partial charge in [0.2, 0.25) is 5.91 Å². The highest BCUT2D eigenvalue weighted by Gasteiger charge is 2.24. The highest BCUT2D eigenvalue weighted by atomic mass is 32.2. The molecule has 1 aromatic heterocycles. The molecule has 1 fully saturated rings. The number of aryl methyl sites for hydroxylation is 2. The highest BCUT2D eigenvalue weighted by molar-refractivity contribution is 8.26. The summed E-state index contributed by atoms with van der Waals surface area (Å²) in [5.41, 5.74) is 3.47. The number of carbonyl (C=O) groups is 2. The van der Waals surface area contributed by atoms with Crippen LogP contribution in [0.2, 0.25) is 0 Å². The van der Waals surface area contributed by atoms with Gasteiger partial charge in [-0.25, -0.2) is 4.98 Å². The van der Waals surface area contributed by atoms with E-state index >= 15 is 0 Å². The third kappa shape index (κ3) is 3.65. The van der Waals surface area contributed by atoms with E-state index in [2.05, 4.69) is 10.3 Å². The van der Waals surface area contributed by atoms with Crippen LogP contribution in [0.4, 0.5) is 10.8 Å². The summed E-state index contributed by atoms with van der Waals surface area (Å²) in [4.78, 5) is 30.7. The van der Waals surface area contributed by atoms with Crippen LogP contribution in [-0.2, 0) is 9.59 Å². The number of carbonyl (C=O) groups excluding carboxylic acids is 2. The molecule has 0 saturated carbocycles. The minimum atomic E-state index is -0.220. The van der Waals surface area contributed by atoms with Gasteiger partial charge in [-0.3, -0.25) is 14.5 Å². The average Bonchev–Trinajstić information content (AvgIpc) is 3.10. The van der Waals surface area contributed by atoms with Crippen LogP contribution in [0.5, 0.6) is 0 Å². The number of nitrogens with one attached hydrogen (secondary N) is 1. The molecule has 128 valence electrons. The lowest BCUT2D eigenvalue weighted by Gasteiger charge is -2.22. The minimum Gasteiger partial charge on any atom is -0.307 e. The molecular formula is C17H15N3O2S3. The van der Waals surface area contributed by atoms with Crippen molar-refractivity contribution in [2.75, 3.05) is 4.90 Å². The maximum atomic E-state index is 12.3. The summed E-state index contributed by atoms with van der Waals surface area (Å²) in [7, 11) is 0. The monoisotopic (exact) mass is 389 g/mol. The zero-order valence-corrected chi connectivity index (χ0v) is 16.3. The fourth-order valence-corrected chi connectivity index (χ4v) is 4.41. The number of nitrogens with zero attached hydrogens (tertiary/aromatic N) is 2. The third-order valence-corrected chi connectivity index (χ3v) is 5.61. The molecule has 8 heteroatoms. The maximum absolute atomic E-state index is 12.3. The van der Waals surface area contributed by atoms with Gasteiger partial charge in [0.15, 0.2) is 5.13 Å². The van der Waals surface area contributed by atoms with Crippen LogP contribution in [0.1, 0.15) is 23.7 Å². The Balaban J connectivity index is 1.99. The molecule has 3 rings (SSSR count). The number of thioether (sulfide) groups is 1. The Morgan fingerprint density at radius 3 is 2.56 bits per heavy atom. The van der Waals surface area contributed by atoms with E-state index in [1.165, 1.54) is 30.0 Å². The summed E-state index contributed by atoms with van der Waals surface area (Å²) in [6, 6.07) is 5.90. The van der Waals surface area contributed by atoms with Gasteiger partial charge in [0.1, 0.15) is 4.32 Å². The number of thiocarbonyl (C=S) groups is 1. The fourth-order valence-electron chi connectivity index (χ4n) is 2.55.